The standard InChI is InChI=1S/C23H22F3N3O3S/c1-33-12-20(30)27-16-7-8-29-19(11-16)21(31)28-18-6-5-14(10-17(18)22(29)32)13-3-2-4-15(9-13)23(24,25)26/h2-6,9-10,16,19H,7-8,11-12H2,1H3,(H,27,30)(H,28,31). The summed E-state index contributed by atoms with van der Waals surface area (Å²) >= 11 is 1.40. The number of hydrogen-bond donors (Lipinski definition) is 2. The summed E-state index contributed by atoms with van der Waals surface area (Å²) < 4.78 is 39.4. The molecule has 2 N–H and O–H groups in total. The molecule has 0 radical (unpaired) electrons. The molecule has 2 aliphatic heterocycles. The van der Waals surface area contributed by atoms with E-state index in [1.165, 1.54) is 34.9 Å². The van der Waals surface area contributed by atoms with Crippen LogP contribution in [0.5, 0.6) is 0 Å². The van der Waals surface area contributed by atoms with Crippen molar-refractivity contribution in [1.29, 1.82) is 0 Å². The first-order valence-corrected chi connectivity index (χ1v) is 11.8. The average molecular weight is 478 g/mol. The predicted octanol–water partition coefficient (Wildman–Crippen LogP) is 3.78. The van der Waals surface area contributed by atoms with Crippen LogP contribution < -0.4 is 10.6 Å². The largest absolute Gasteiger partial charge is 0.416 e. The molecule has 1 fully saturated rings. The molecule has 2 heterocycles. The normalized spacial score (nSPS) is 20.4. The van der Waals surface area contributed by atoms with Crippen LogP contribution in [0, 0.1) is 0 Å². The van der Waals surface area contributed by atoms with E-state index in [0.29, 0.717) is 35.4 Å². The van der Waals surface area contributed by atoms with Crippen LogP contribution in [0.2, 0.25) is 0 Å². The van der Waals surface area contributed by atoms with Crippen LogP contribution in [0.25, 0.3) is 11.1 Å². The quantitative estimate of drug-likeness (QED) is 0.703. The fourth-order valence-electron chi connectivity index (χ4n) is 4.24. The van der Waals surface area contributed by atoms with Gasteiger partial charge in [-0.15, -0.1) is 0 Å². The highest BCUT2D eigenvalue weighted by molar-refractivity contribution is 7.99. The number of hydrogen-bond acceptors (Lipinski definition) is 4. The lowest BCUT2D eigenvalue weighted by atomic mass is 9.95. The summed E-state index contributed by atoms with van der Waals surface area (Å²) in [6.45, 7) is 0.286. The number of amides is 3. The molecule has 174 valence electrons. The molecule has 0 aliphatic carbocycles. The number of carbonyl (C=O) groups excluding carboxylic acids is 3. The smallest absolute Gasteiger partial charge is 0.352 e. The van der Waals surface area contributed by atoms with E-state index in [-0.39, 0.29) is 35.9 Å². The third kappa shape index (κ3) is 4.85. The number of nitrogens with zero attached hydrogens (tertiary/aromatic N) is 1. The molecule has 6 nitrogen and oxygen atoms in total. The lowest BCUT2D eigenvalue weighted by Crippen LogP contribution is -2.55. The molecule has 0 bridgehead atoms. The second-order valence-corrected chi connectivity index (χ2v) is 8.93. The van der Waals surface area contributed by atoms with Gasteiger partial charge >= 0.3 is 6.18 Å². The number of rotatable bonds is 4. The highest BCUT2D eigenvalue weighted by Gasteiger charge is 2.40. The van der Waals surface area contributed by atoms with Gasteiger partial charge in [-0.25, -0.2) is 0 Å². The first-order chi connectivity index (χ1) is 15.7. The third-order valence-electron chi connectivity index (χ3n) is 5.84. The zero-order valence-electron chi connectivity index (χ0n) is 17.7. The number of benzene rings is 2. The van der Waals surface area contributed by atoms with Crippen LogP contribution in [-0.4, -0.2) is 53.3 Å². The zero-order valence-corrected chi connectivity index (χ0v) is 18.6. The molecular weight excluding hydrogens is 455 g/mol. The Morgan fingerprint density at radius 2 is 1.94 bits per heavy atom. The van der Waals surface area contributed by atoms with Crippen LogP contribution in [0.4, 0.5) is 18.9 Å². The Labute approximate surface area is 192 Å². The van der Waals surface area contributed by atoms with E-state index in [9.17, 15) is 27.6 Å². The summed E-state index contributed by atoms with van der Waals surface area (Å²) in [6.07, 6.45) is -1.84. The van der Waals surface area contributed by atoms with E-state index in [2.05, 4.69) is 10.6 Å². The van der Waals surface area contributed by atoms with Gasteiger partial charge in [0.15, 0.2) is 0 Å². The molecule has 0 aromatic heterocycles. The summed E-state index contributed by atoms with van der Waals surface area (Å²) in [7, 11) is 0. The van der Waals surface area contributed by atoms with Crippen molar-refractivity contribution in [3.05, 3.63) is 53.6 Å². The van der Waals surface area contributed by atoms with Crippen molar-refractivity contribution in [3.63, 3.8) is 0 Å². The second kappa shape index (κ2) is 9.09. The third-order valence-corrected chi connectivity index (χ3v) is 6.39. The van der Waals surface area contributed by atoms with Crippen LogP contribution in [-0.2, 0) is 15.8 Å². The van der Waals surface area contributed by atoms with Crippen LogP contribution >= 0.6 is 11.8 Å². The van der Waals surface area contributed by atoms with E-state index >= 15 is 0 Å². The number of alkyl halides is 3. The van der Waals surface area contributed by atoms with Crippen LogP contribution in [0.15, 0.2) is 42.5 Å². The number of piperidine rings is 1. The number of nitrogens with one attached hydrogen (secondary N) is 2. The summed E-state index contributed by atoms with van der Waals surface area (Å²) in [5, 5.41) is 5.68. The maximum Gasteiger partial charge on any atom is 0.416 e. The Morgan fingerprint density at radius 1 is 1.18 bits per heavy atom. The van der Waals surface area contributed by atoms with Gasteiger partial charge in [0.25, 0.3) is 5.91 Å². The number of halogens is 3. The van der Waals surface area contributed by atoms with Crippen molar-refractivity contribution in [1.82, 2.24) is 10.2 Å². The van der Waals surface area contributed by atoms with Crippen LogP contribution in [0.1, 0.15) is 28.8 Å². The van der Waals surface area contributed by atoms with E-state index in [4.69, 9.17) is 0 Å². The van der Waals surface area contributed by atoms with Crippen molar-refractivity contribution in [2.45, 2.75) is 31.1 Å². The molecule has 0 saturated carbocycles. The van der Waals surface area contributed by atoms with Gasteiger partial charge in [0.1, 0.15) is 6.04 Å². The van der Waals surface area contributed by atoms with Gasteiger partial charge in [0.05, 0.1) is 22.6 Å². The van der Waals surface area contributed by atoms with Crippen molar-refractivity contribution in [2.75, 3.05) is 23.9 Å². The summed E-state index contributed by atoms with van der Waals surface area (Å²) in [5.74, 6) is -0.510. The monoisotopic (exact) mass is 477 g/mol. The lowest BCUT2D eigenvalue weighted by molar-refractivity contribution is -0.137. The highest BCUT2D eigenvalue weighted by Crippen LogP contribution is 2.35. The van der Waals surface area contributed by atoms with Crippen LogP contribution in [0.3, 0.4) is 0 Å². The Bertz CT molecular complexity index is 1110. The van der Waals surface area contributed by atoms with Gasteiger partial charge in [0.2, 0.25) is 11.8 Å². The Morgan fingerprint density at radius 3 is 2.67 bits per heavy atom. The fraction of sp³-hybridized carbons (Fsp3) is 0.348. The van der Waals surface area contributed by atoms with E-state index < -0.39 is 17.8 Å². The van der Waals surface area contributed by atoms with Gasteiger partial charge in [0, 0.05) is 12.6 Å². The Hall–Kier alpha value is -3.01. The number of fused-ring (bicyclic) bond motifs is 2. The highest BCUT2D eigenvalue weighted by atomic mass is 32.2. The summed E-state index contributed by atoms with van der Waals surface area (Å²) in [4.78, 5) is 39.6. The SMILES string of the molecule is CSCC(=O)NC1CCN2C(=O)c3cc(-c4cccc(C(F)(F)F)c4)ccc3NC(=O)C2C1. The topological polar surface area (TPSA) is 78.5 Å². The molecule has 2 atom stereocenters. The van der Waals surface area contributed by atoms with Crippen molar-refractivity contribution in [2.24, 2.45) is 0 Å². The van der Waals surface area contributed by atoms with Gasteiger partial charge < -0.3 is 15.5 Å². The molecule has 3 amide bonds. The molecule has 2 unspecified atom stereocenters. The average Bonchev–Trinajstić information content (AvgIpc) is 2.88. The minimum absolute atomic E-state index is 0.115. The number of anilines is 1. The molecule has 2 aromatic rings. The maximum absolute atomic E-state index is 13.3. The lowest BCUT2D eigenvalue weighted by Gasteiger charge is -2.37. The second-order valence-electron chi connectivity index (χ2n) is 8.06. The molecule has 4 rings (SSSR count). The minimum Gasteiger partial charge on any atom is -0.352 e. The van der Waals surface area contributed by atoms with E-state index in [1.54, 1.807) is 12.1 Å². The molecule has 1 saturated heterocycles. The van der Waals surface area contributed by atoms with Gasteiger partial charge in [-0.2, -0.15) is 24.9 Å². The van der Waals surface area contributed by atoms with Gasteiger partial charge in [-0.05, 0) is 54.5 Å². The van der Waals surface area contributed by atoms with E-state index in [0.717, 1.165) is 12.1 Å². The zero-order chi connectivity index (χ0) is 23.8. The molecule has 10 heteroatoms. The van der Waals surface area contributed by atoms with Gasteiger partial charge in [-0.1, -0.05) is 18.2 Å². The summed E-state index contributed by atoms with van der Waals surface area (Å²) in [6, 6.07) is 8.57. The van der Waals surface area contributed by atoms with E-state index in [1.807, 2.05) is 6.26 Å². The molecular formula is C23H22F3N3O3S. The predicted molar refractivity (Wildman–Crippen MR) is 120 cm³/mol. The van der Waals surface area contributed by atoms with Gasteiger partial charge in [-0.3, -0.25) is 14.4 Å². The molecule has 2 aromatic carbocycles. The first kappa shape index (κ1) is 23.2. The maximum atomic E-state index is 13.3. The number of carbonyl (C=O) groups is 3. The van der Waals surface area contributed by atoms with Crippen molar-refractivity contribution >= 4 is 35.2 Å². The number of thioether (sulfide) groups is 1. The minimum atomic E-state index is -4.48. The Balaban J connectivity index is 1.61. The Kier molecular flexibility index (Phi) is 6.38. The summed E-state index contributed by atoms with van der Waals surface area (Å²) in [5.41, 5.74) is 0.534. The van der Waals surface area contributed by atoms with Crippen molar-refractivity contribution in [3.8, 4) is 11.1 Å². The molecule has 0 spiro atoms. The van der Waals surface area contributed by atoms with Crippen molar-refractivity contribution < 1.29 is 27.6 Å². The fourth-order valence-corrected chi connectivity index (χ4v) is 4.59. The molecule has 33 heavy (non-hydrogen) atoms. The first-order valence-electron chi connectivity index (χ1n) is 10.4. The molecule has 2 aliphatic rings.